The Morgan fingerprint density at radius 1 is 0.650 bits per heavy atom. The number of rotatable bonds is 15. The third-order valence-corrected chi connectivity index (χ3v) is 18.5. The minimum atomic E-state index is -2.75. The van der Waals surface area contributed by atoms with Crippen molar-refractivity contribution in [2.75, 3.05) is 6.54 Å². The van der Waals surface area contributed by atoms with Crippen LogP contribution < -0.4 is 0 Å². The third-order valence-electron chi connectivity index (χ3n) is 7.28. The van der Waals surface area contributed by atoms with Gasteiger partial charge in [-0.15, -0.1) is 9.25 Å². The molecule has 0 radical (unpaired) electrons. The predicted molar refractivity (Wildman–Crippen MR) is 181 cm³/mol. The van der Waals surface area contributed by atoms with Gasteiger partial charge in [0.15, 0.2) is 12.3 Å². The van der Waals surface area contributed by atoms with Crippen LogP contribution in [0.15, 0.2) is 5.22 Å². The van der Waals surface area contributed by atoms with E-state index in [9.17, 15) is 4.79 Å². The number of nitrogens with zero attached hydrogens (tertiary/aromatic N) is 7. The van der Waals surface area contributed by atoms with Gasteiger partial charge in [-0.1, -0.05) is 0 Å². The maximum absolute atomic E-state index is 13.5. The molecule has 0 spiro atoms. The van der Waals surface area contributed by atoms with Crippen molar-refractivity contribution in [3.8, 4) is 0 Å². The molecular weight excluding hydrogens is 576 g/mol. The molecule has 1 unspecified atom stereocenters. The third kappa shape index (κ3) is 7.46. The summed E-state index contributed by atoms with van der Waals surface area (Å²) in [6.07, 6.45) is 0. The second-order valence-corrected chi connectivity index (χ2v) is 21.1. The fourth-order valence-electron chi connectivity index (χ4n) is 6.60. The molecule has 8 nitrogen and oxygen atoms in total. The van der Waals surface area contributed by atoms with Gasteiger partial charge < -0.3 is 0 Å². The Bertz CT molecular complexity index is 902. The van der Waals surface area contributed by atoms with Gasteiger partial charge in [-0.05, 0) is 141 Å². The molecule has 0 fully saturated rings. The number of ketones is 1. The summed E-state index contributed by atoms with van der Waals surface area (Å²) in [5, 5.41) is 5.45. The van der Waals surface area contributed by atoms with E-state index in [4.69, 9.17) is 28.8 Å². The molecule has 12 heteroatoms. The second-order valence-electron chi connectivity index (χ2n) is 13.4. The number of hydrogen-bond donors (Lipinski definition) is 0. The molecule has 236 valence electrons. The Balaban J connectivity index is 4.28. The lowest BCUT2D eigenvalue weighted by Gasteiger charge is -2.49. The second kappa shape index (κ2) is 14.8. The molecule has 40 heavy (non-hydrogen) atoms. The predicted octanol–water partition coefficient (Wildman–Crippen LogP) is 7.56. The average Bonchev–Trinajstić information content (AvgIpc) is 3.18. The highest BCUT2D eigenvalue weighted by Gasteiger charge is 2.59. The number of carbonyl (C=O) groups excluding carboxylic acids is 1. The maximum atomic E-state index is 13.5. The molecule has 0 aliphatic carbocycles. The van der Waals surface area contributed by atoms with Crippen molar-refractivity contribution in [3.63, 3.8) is 0 Å². The summed E-state index contributed by atoms with van der Waals surface area (Å²) in [7, 11) is 0. The highest BCUT2D eigenvalue weighted by molar-refractivity contribution is 8.11. The standard InChI is InChI=1S/C28H62N7OP2S2/c1-19(2)31(20(3)4)37(39,32(21(5)6)22(7)8)30-18-28(27(17)36)35(29-30)38(40,33(23(9)10)24(11)12)34(25(13)14)26(15)16/h19-26,28H,18H2,1-17H3/q+1. The van der Waals surface area contributed by atoms with E-state index in [0.29, 0.717) is 6.54 Å². The molecule has 1 rings (SSSR count). The lowest BCUT2D eigenvalue weighted by atomic mass is 10.2. The molecule has 0 saturated carbocycles. The highest BCUT2D eigenvalue weighted by atomic mass is 32.5. The minimum Gasteiger partial charge on any atom is -0.295 e. The molecule has 0 saturated heterocycles. The summed E-state index contributed by atoms with van der Waals surface area (Å²) in [5.74, 6) is 0.0863. The molecular formula is C28H62N7OP2S2+. The van der Waals surface area contributed by atoms with Gasteiger partial charge in [0.05, 0.1) is 5.22 Å². The van der Waals surface area contributed by atoms with Gasteiger partial charge in [0.1, 0.15) is 0 Å². The van der Waals surface area contributed by atoms with Gasteiger partial charge in [-0.2, -0.15) is 0 Å². The Hall–Kier alpha value is 0.210. The van der Waals surface area contributed by atoms with Gasteiger partial charge in [0, 0.05) is 48.3 Å². The summed E-state index contributed by atoms with van der Waals surface area (Å²) in [6.45, 7) is 32.2. The van der Waals surface area contributed by atoms with E-state index in [-0.39, 0.29) is 54.1 Å². The molecule has 0 N–H and O–H groups in total. The lowest BCUT2D eigenvalue weighted by Crippen LogP contribution is -2.51. The van der Waals surface area contributed by atoms with Gasteiger partial charge in [0.25, 0.3) is 13.0 Å². The van der Waals surface area contributed by atoms with Gasteiger partial charge in [-0.3, -0.25) is 4.79 Å². The average molecular weight is 639 g/mol. The van der Waals surface area contributed by atoms with Crippen molar-refractivity contribution in [1.82, 2.24) is 23.5 Å². The summed E-state index contributed by atoms with van der Waals surface area (Å²) >= 11 is 13.8. The van der Waals surface area contributed by atoms with Crippen molar-refractivity contribution in [1.29, 1.82) is 0 Å². The zero-order valence-electron chi connectivity index (χ0n) is 28.7. The van der Waals surface area contributed by atoms with Gasteiger partial charge in [0.2, 0.25) is 6.04 Å². The monoisotopic (exact) mass is 638 g/mol. The maximum Gasteiger partial charge on any atom is 0.275 e. The summed E-state index contributed by atoms with van der Waals surface area (Å²) in [4.78, 5) is 13.5. The first-order chi connectivity index (χ1) is 18.1. The fourth-order valence-corrected chi connectivity index (χ4v) is 19.5. The zero-order valence-corrected chi connectivity index (χ0v) is 32.1. The van der Waals surface area contributed by atoms with Crippen LogP contribution in [0.4, 0.5) is 0 Å². The van der Waals surface area contributed by atoms with Crippen LogP contribution in [0.5, 0.6) is 0 Å². The summed E-state index contributed by atoms with van der Waals surface area (Å²) in [6, 6.07) is 1.08. The van der Waals surface area contributed by atoms with Gasteiger partial charge >= 0.3 is 0 Å². The van der Waals surface area contributed by atoms with Crippen LogP contribution in [0.2, 0.25) is 0 Å². The molecule has 1 aliphatic heterocycles. The van der Waals surface area contributed by atoms with E-state index < -0.39 is 19.0 Å². The van der Waals surface area contributed by atoms with E-state index in [1.807, 2.05) is 0 Å². The molecule has 1 heterocycles. The van der Waals surface area contributed by atoms with Crippen molar-refractivity contribution >= 4 is 42.4 Å². The van der Waals surface area contributed by atoms with E-state index in [2.05, 4.69) is 139 Å². The van der Waals surface area contributed by atoms with Crippen LogP contribution in [0.3, 0.4) is 0 Å². The molecule has 1 atom stereocenters. The molecule has 0 aromatic carbocycles. The topological polar surface area (TPSA) is 48.6 Å². The van der Waals surface area contributed by atoms with Crippen molar-refractivity contribution in [2.24, 2.45) is 5.22 Å². The fraction of sp³-hybridized carbons (Fsp3) is 0.964. The number of Topliss-reactive ketones (excluding diaryl/α,β-unsaturated/α-hetero) is 1. The number of carbonyl (C=O) groups is 1. The molecule has 0 aromatic heterocycles. The number of hydrogen-bond acceptors (Lipinski definition) is 4. The molecule has 0 aromatic rings. The zero-order chi connectivity index (χ0) is 31.7. The van der Waals surface area contributed by atoms with Crippen LogP contribution >= 0.6 is 13.0 Å². The van der Waals surface area contributed by atoms with Crippen LogP contribution in [-0.2, 0) is 28.4 Å². The molecule has 1 aliphatic rings. The van der Waals surface area contributed by atoms with Gasteiger partial charge in [-0.25, -0.2) is 18.7 Å². The first-order valence-corrected chi connectivity index (χ1v) is 20.6. The van der Waals surface area contributed by atoms with Crippen molar-refractivity contribution in [3.05, 3.63) is 0 Å². The highest BCUT2D eigenvalue weighted by Crippen LogP contribution is 2.66. The van der Waals surface area contributed by atoms with Crippen LogP contribution in [0.1, 0.15) is 118 Å². The normalized spacial score (nSPS) is 17.9. The quantitative estimate of drug-likeness (QED) is 0.170. The largest absolute Gasteiger partial charge is 0.295 e. The smallest absolute Gasteiger partial charge is 0.275 e. The Labute approximate surface area is 258 Å². The minimum absolute atomic E-state index is 0.0863. The Morgan fingerprint density at radius 2 is 0.925 bits per heavy atom. The first kappa shape index (κ1) is 38.2. The SMILES string of the molecule is CC(=O)C1C[N+](P(=S)(N(C(C)C)C(C)C)N(C(C)C)C(C)C)=NN1P(=S)(N(C(C)C)C(C)C)N(C(C)C)C(C)C. The first-order valence-electron chi connectivity index (χ1n) is 15.2. The molecule has 0 amide bonds. The van der Waals surface area contributed by atoms with E-state index >= 15 is 0 Å². The Kier molecular flexibility index (Phi) is 14.1. The Morgan fingerprint density at radius 3 is 1.15 bits per heavy atom. The van der Waals surface area contributed by atoms with Crippen molar-refractivity contribution < 1.29 is 9.26 Å². The lowest BCUT2D eigenvalue weighted by molar-refractivity contribution is -0.443. The van der Waals surface area contributed by atoms with Crippen molar-refractivity contribution in [2.45, 2.75) is 172 Å². The van der Waals surface area contributed by atoms with Crippen LogP contribution in [0.25, 0.3) is 0 Å². The summed E-state index contributed by atoms with van der Waals surface area (Å²) < 4.78 is 14.0. The van der Waals surface area contributed by atoms with Crippen LogP contribution in [0, 0.1) is 0 Å². The van der Waals surface area contributed by atoms with Crippen LogP contribution in [-0.4, -0.2) is 94.6 Å². The van der Waals surface area contributed by atoms with E-state index in [1.54, 1.807) is 6.92 Å². The molecule has 0 bridgehead atoms. The van der Waals surface area contributed by atoms with E-state index in [1.165, 1.54) is 0 Å². The van der Waals surface area contributed by atoms with E-state index in [0.717, 1.165) is 0 Å². The summed E-state index contributed by atoms with van der Waals surface area (Å²) in [5.41, 5.74) is 0.